The van der Waals surface area contributed by atoms with Crippen LogP contribution < -0.4 is 0 Å². The third kappa shape index (κ3) is 3.21. The van der Waals surface area contributed by atoms with Gasteiger partial charge in [-0.2, -0.15) is 0 Å². The van der Waals surface area contributed by atoms with E-state index in [0.717, 1.165) is 5.33 Å². The van der Waals surface area contributed by atoms with E-state index in [1.54, 1.807) is 7.11 Å². The predicted octanol–water partition coefficient (Wildman–Crippen LogP) is 3.14. The molecule has 0 bridgehead atoms. The molecule has 0 aromatic rings. The summed E-state index contributed by atoms with van der Waals surface area (Å²) in [7, 11) is 1.73. The maximum absolute atomic E-state index is 6.02. The highest BCUT2D eigenvalue weighted by Crippen LogP contribution is 2.35. The van der Waals surface area contributed by atoms with E-state index in [2.05, 4.69) is 29.8 Å². The lowest BCUT2D eigenvalue weighted by atomic mass is 10.0. The number of methoxy groups -OCH3 is 1. The second-order valence-corrected chi connectivity index (χ2v) is 5.34. The fraction of sp³-hybridized carbons (Fsp3) is 1.00. The molecule has 1 rings (SSSR count). The number of rotatable bonds is 5. The summed E-state index contributed by atoms with van der Waals surface area (Å²) in [5, 5.41) is 0.944. The Balaban J connectivity index is 2.41. The first kappa shape index (κ1) is 12.5. The predicted molar refractivity (Wildman–Crippen MR) is 62.0 cm³/mol. The highest BCUT2D eigenvalue weighted by Gasteiger charge is 2.35. The van der Waals surface area contributed by atoms with Gasteiger partial charge in [0.25, 0.3) is 0 Å². The third-order valence-corrected chi connectivity index (χ3v) is 4.06. The standard InChI is InChI=1S/C11H21BrO2/c1-10(2,13-3)9-14-11(8-12)6-4-5-7-11/h4-9H2,1-3H3. The first-order valence-corrected chi connectivity index (χ1v) is 6.41. The van der Waals surface area contributed by atoms with E-state index < -0.39 is 0 Å². The molecule has 84 valence electrons. The van der Waals surface area contributed by atoms with Gasteiger partial charge < -0.3 is 9.47 Å². The highest BCUT2D eigenvalue weighted by atomic mass is 79.9. The molecule has 14 heavy (non-hydrogen) atoms. The molecule has 3 heteroatoms. The lowest BCUT2D eigenvalue weighted by Crippen LogP contribution is -2.38. The minimum Gasteiger partial charge on any atom is -0.376 e. The molecule has 0 amide bonds. The summed E-state index contributed by atoms with van der Waals surface area (Å²) in [6.07, 6.45) is 4.94. The fourth-order valence-electron chi connectivity index (χ4n) is 1.72. The van der Waals surface area contributed by atoms with Crippen molar-refractivity contribution in [3.8, 4) is 0 Å². The van der Waals surface area contributed by atoms with E-state index in [4.69, 9.17) is 9.47 Å². The van der Waals surface area contributed by atoms with Crippen LogP contribution >= 0.6 is 15.9 Å². The van der Waals surface area contributed by atoms with Gasteiger partial charge in [0.05, 0.1) is 17.8 Å². The molecule has 0 heterocycles. The second kappa shape index (κ2) is 4.95. The third-order valence-electron chi connectivity index (χ3n) is 3.04. The van der Waals surface area contributed by atoms with Crippen LogP contribution in [-0.4, -0.2) is 30.2 Å². The Hall–Kier alpha value is 0.400. The highest BCUT2D eigenvalue weighted by molar-refractivity contribution is 9.09. The minimum absolute atomic E-state index is 0.0792. The van der Waals surface area contributed by atoms with Crippen molar-refractivity contribution in [1.29, 1.82) is 0 Å². The fourth-order valence-corrected chi connectivity index (χ4v) is 2.44. The SMILES string of the molecule is COC(C)(C)COC1(CBr)CCCC1. The van der Waals surface area contributed by atoms with Crippen LogP contribution in [0.15, 0.2) is 0 Å². The van der Waals surface area contributed by atoms with Crippen molar-refractivity contribution in [2.24, 2.45) is 0 Å². The zero-order valence-corrected chi connectivity index (χ0v) is 11.0. The lowest BCUT2D eigenvalue weighted by Gasteiger charge is -2.32. The first-order chi connectivity index (χ1) is 6.54. The van der Waals surface area contributed by atoms with E-state index >= 15 is 0 Å². The number of ether oxygens (including phenoxy) is 2. The number of hydrogen-bond acceptors (Lipinski definition) is 2. The van der Waals surface area contributed by atoms with Crippen molar-refractivity contribution in [1.82, 2.24) is 0 Å². The summed E-state index contributed by atoms with van der Waals surface area (Å²) >= 11 is 3.56. The Morgan fingerprint density at radius 1 is 1.29 bits per heavy atom. The molecule has 0 aromatic carbocycles. The molecule has 1 saturated carbocycles. The Morgan fingerprint density at radius 2 is 1.86 bits per heavy atom. The van der Waals surface area contributed by atoms with Gasteiger partial charge in [-0.1, -0.05) is 28.8 Å². The molecule has 0 saturated heterocycles. The van der Waals surface area contributed by atoms with Crippen LogP contribution in [0.25, 0.3) is 0 Å². The summed E-state index contributed by atoms with van der Waals surface area (Å²) in [6, 6.07) is 0. The molecule has 0 spiro atoms. The normalized spacial score (nSPS) is 21.4. The van der Waals surface area contributed by atoms with Crippen molar-refractivity contribution in [3.63, 3.8) is 0 Å². The van der Waals surface area contributed by atoms with E-state index in [9.17, 15) is 0 Å². The molecular weight excluding hydrogens is 244 g/mol. The van der Waals surface area contributed by atoms with Gasteiger partial charge in [0.15, 0.2) is 0 Å². The number of alkyl halides is 1. The van der Waals surface area contributed by atoms with Gasteiger partial charge in [-0.15, -0.1) is 0 Å². The Bertz CT molecular complexity index is 174. The van der Waals surface area contributed by atoms with Crippen LogP contribution in [-0.2, 0) is 9.47 Å². The Kier molecular flexibility index (Phi) is 4.41. The van der Waals surface area contributed by atoms with Crippen LogP contribution in [0.3, 0.4) is 0 Å². The van der Waals surface area contributed by atoms with Gasteiger partial charge in [-0.05, 0) is 26.7 Å². The van der Waals surface area contributed by atoms with Crippen LogP contribution in [0, 0.1) is 0 Å². The van der Waals surface area contributed by atoms with Crippen LogP contribution in [0.5, 0.6) is 0 Å². The van der Waals surface area contributed by atoms with Gasteiger partial charge in [-0.3, -0.25) is 0 Å². The zero-order chi connectivity index (χ0) is 10.7. The summed E-state index contributed by atoms with van der Waals surface area (Å²) in [4.78, 5) is 0. The number of hydrogen-bond donors (Lipinski definition) is 0. The smallest absolute Gasteiger partial charge is 0.0855 e. The van der Waals surface area contributed by atoms with Crippen molar-refractivity contribution in [2.45, 2.75) is 50.7 Å². The van der Waals surface area contributed by atoms with E-state index in [1.165, 1.54) is 25.7 Å². The molecule has 0 aromatic heterocycles. The molecule has 1 aliphatic carbocycles. The summed E-state index contributed by atoms with van der Waals surface area (Å²) in [5.74, 6) is 0. The van der Waals surface area contributed by atoms with Gasteiger partial charge in [0.1, 0.15) is 0 Å². The molecule has 1 fully saturated rings. The Labute approximate surface area is 95.5 Å². The maximum atomic E-state index is 6.02. The second-order valence-electron chi connectivity index (χ2n) is 4.78. The van der Waals surface area contributed by atoms with Crippen molar-refractivity contribution >= 4 is 15.9 Å². The molecule has 1 aliphatic rings. The van der Waals surface area contributed by atoms with Crippen LogP contribution in [0.2, 0.25) is 0 Å². The van der Waals surface area contributed by atoms with Crippen LogP contribution in [0.1, 0.15) is 39.5 Å². The van der Waals surface area contributed by atoms with Gasteiger partial charge in [-0.25, -0.2) is 0 Å². The first-order valence-electron chi connectivity index (χ1n) is 5.29. The molecule has 0 radical (unpaired) electrons. The van der Waals surface area contributed by atoms with Crippen LogP contribution in [0.4, 0.5) is 0 Å². The van der Waals surface area contributed by atoms with Crippen molar-refractivity contribution < 1.29 is 9.47 Å². The van der Waals surface area contributed by atoms with E-state index in [-0.39, 0.29) is 11.2 Å². The summed E-state index contributed by atoms with van der Waals surface area (Å²) in [6.45, 7) is 4.79. The largest absolute Gasteiger partial charge is 0.376 e. The van der Waals surface area contributed by atoms with Gasteiger partial charge in [0.2, 0.25) is 0 Å². The maximum Gasteiger partial charge on any atom is 0.0855 e. The molecule has 0 N–H and O–H groups in total. The molecule has 0 aliphatic heterocycles. The average Bonchev–Trinajstić information content (AvgIpc) is 2.65. The number of halogens is 1. The summed E-state index contributed by atoms with van der Waals surface area (Å²) < 4.78 is 11.4. The zero-order valence-electron chi connectivity index (χ0n) is 9.44. The molecule has 2 nitrogen and oxygen atoms in total. The minimum atomic E-state index is -0.169. The monoisotopic (exact) mass is 264 g/mol. The van der Waals surface area contributed by atoms with Gasteiger partial charge >= 0.3 is 0 Å². The molecular formula is C11H21BrO2. The quantitative estimate of drug-likeness (QED) is 0.711. The van der Waals surface area contributed by atoms with Crippen molar-refractivity contribution in [2.75, 3.05) is 19.0 Å². The topological polar surface area (TPSA) is 18.5 Å². The molecule has 0 atom stereocenters. The van der Waals surface area contributed by atoms with Crippen molar-refractivity contribution in [3.05, 3.63) is 0 Å². The Morgan fingerprint density at radius 3 is 2.29 bits per heavy atom. The summed E-state index contributed by atoms with van der Waals surface area (Å²) in [5.41, 5.74) is -0.0897. The van der Waals surface area contributed by atoms with E-state index in [0.29, 0.717) is 6.61 Å². The van der Waals surface area contributed by atoms with E-state index in [1.807, 2.05) is 0 Å². The van der Waals surface area contributed by atoms with Gasteiger partial charge in [0, 0.05) is 12.4 Å². The molecule has 0 unspecified atom stereocenters. The average molecular weight is 265 g/mol. The lowest BCUT2D eigenvalue weighted by molar-refractivity contribution is -0.107.